The zero-order valence-corrected chi connectivity index (χ0v) is 17.0. The molecule has 0 saturated heterocycles. The van der Waals surface area contributed by atoms with Gasteiger partial charge in [0.1, 0.15) is 23.6 Å². The van der Waals surface area contributed by atoms with Crippen LogP contribution in [0.3, 0.4) is 0 Å². The average Bonchev–Trinajstić information content (AvgIpc) is 3.13. The molecule has 1 aromatic carbocycles. The number of nitrogens with one attached hydrogen (secondary N) is 2. The quantitative estimate of drug-likeness (QED) is 0.670. The van der Waals surface area contributed by atoms with E-state index in [1.807, 2.05) is 25.1 Å². The summed E-state index contributed by atoms with van der Waals surface area (Å²) in [6.45, 7) is 4.99. The van der Waals surface area contributed by atoms with Crippen LogP contribution in [0, 0.1) is 6.92 Å². The van der Waals surface area contributed by atoms with Gasteiger partial charge in [-0.2, -0.15) is 0 Å². The molecule has 1 atom stereocenters. The lowest BCUT2D eigenvalue weighted by molar-refractivity contribution is -0.139. The van der Waals surface area contributed by atoms with Gasteiger partial charge in [-0.1, -0.05) is 42.4 Å². The Kier molecular flexibility index (Phi) is 6.51. The van der Waals surface area contributed by atoms with Gasteiger partial charge in [0.25, 0.3) is 0 Å². The fraction of sp³-hybridized carbons (Fsp3) is 0.333. The van der Waals surface area contributed by atoms with Crippen molar-refractivity contribution in [2.75, 3.05) is 13.2 Å². The molecular weight excluding hydrogens is 390 g/mol. The fourth-order valence-corrected chi connectivity index (χ4v) is 3.19. The van der Waals surface area contributed by atoms with Crippen molar-refractivity contribution in [2.24, 2.45) is 0 Å². The Morgan fingerprint density at radius 2 is 1.87 bits per heavy atom. The van der Waals surface area contributed by atoms with Crippen molar-refractivity contribution in [1.29, 1.82) is 0 Å². The number of urea groups is 1. The second-order valence-electron chi connectivity index (χ2n) is 6.58. The van der Waals surface area contributed by atoms with Crippen LogP contribution < -0.4 is 10.6 Å². The molecule has 2 amide bonds. The predicted octanol–water partition coefficient (Wildman–Crippen LogP) is 2.72. The summed E-state index contributed by atoms with van der Waals surface area (Å²) < 4.78 is 15.7. The molecular formula is C21H23N3O6. The van der Waals surface area contributed by atoms with E-state index in [0.29, 0.717) is 23.4 Å². The fourth-order valence-electron chi connectivity index (χ4n) is 3.19. The predicted molar refractivity (Wildman–Crippen MR) is 106 cm³/mol. The van der Waals surface area contributed by atoms with Crippen molar-refractivity contribution in [3.05, 3.63) is 52.9 Å². The lowest BCUT2D eigenvalue weighted by Gasteiger charge is -2.28. The zero-order chi connectivity index (χ0) is 21.7. The molecule has 0 radical (unpaired) electrons. The Bertz CT molecular complexity index is 980. The molecule has 9 heteroatoms. The van der Waals surface area contributed by atoms with Crippen molar-refractivity contribution in [3.8, 4) is 11.3 Å². The summed E-state index contributed by atoms with van der Waals surface area (Å²) in [5, 5.41) is 9.18. The van der Waals surface area contributed by atoms with Crippen LogP contribution in [0.2, 0.25) is 0 Å². The van der Waals surface area contributed by atoms with Gasteiger partial charge in [-0.05, 0) is 20.3 Å². The molecule has 0 saturated carbocycles. The lowest BCUT2D eigenvalue weighted by Crippen LogP contribution is -2.51. The third-order valence-corrected chi connectivity index (χ3v) is 4.61. The molecule has 0 aliphatic carbocycles. The molecule has 0 fully saturated rings. The number of esters is 2. The Labute approximate surface area is 173 Å². The molecule has 2 N–H and O–H groups in total. The van der Waals surface area contributed by atoms with Crippen LogP contribution in [0.15, 0.2) is 46.1 Å². The molecule has 1 aromatic heterocycles. The van der Waals surface area contributed by atoms with Gasteiger partial charge < -0.3 is 24.6 Å². The van der Waals surface area contributed by atoms with Crippen LogP contribution >= 0.6 is 0 Å². The number of ether oxygens (including phenoxy) is 2. The maximum atomic E-state index is 12.8. The Balaban J connectivity index is 1.86. The first-order valence-corrected chi connectivity index (χ1v) is 9.62. The molecule has 1 aliphatic heterocycles. The number of aryl methyl sites for hydroxylation is 1. The van der Waals surface area contributed by atoms with Gasteiger partial charge in [0.15, 0.2) is 0 Å². The summed E-state index contributed by atoms with van der Waals surface area (Å²) in [5.41, 5.74) is 1.67. The number of nitrogens with zero attached hydrogens (tertiary/aromatic N) is 1. The minimum atomic E-state index is -0.677. The average molecular weight is 413 g/mol. The number of carbonyl (C=O) groups is 3. The van der Waals surface area contributed by atoms with Crippen molar-refractivity contribution in [2.45, 2.75) is 33.2 Å². The topological polar surface area (TPSA) is 120 Å². The highest BCUT2D eigenvalue weighted by Crippen LogP contribution is 2.26. The number of carbonyl (C=O) groups excluding carboxylic acids is 3. The molecule has 0 unspecified atom stereocenters. The molecule has 3 rings (SSSR count). The monoisotopic (exact) mass is 413 g/mol. The number of rotatable bonds is 7. The van der Waals surface area contributed by atoms with Gasteiger partial charge in [0.05, 0.1) is 23.9 Å². The van der Waals surface area contributed by atoms with Crippen molar-refractivity contribution < 1.29 is 28.4 Å². The molecule has 2 aromatic rings. The highest BCUT2D eigenvalue weighted by Gasteiger charge is 2.32. The minimum Gasteiger partial charge on any atom is -0.463 e. The van der Waals surface area contributed by atoms with E-state index >= 15 is 0 Å². The molecule has 2 heterocycles. The normalized spacial score (nSPS) is 16.0. The van der Waals surface area contributed by atoms with E-state index in [0.717, 1.165) is 0 Å². The number of amides is 2. The van der Waals surface area contributed by atoms with Crippen molar-refractivity contribution in [3.63, 3.8) is 0 Å². The first-order valence-electron chi connectivity index (χ1n) is 9.62. The van der Waals surface area contributed by atoms with Crippen molar-refractivity contribution >= 4 is 18.0 Å². The highest BCUT2D eigenvalue weighted by atomic mass is 16.5. The van der Waals surface area contributed by atoms with Gasteiger partial charge >= 0.3 is 18.0 Å². The number of hydrogen-bond acceptors (Lipinski definition) is 7. The van der Waals surface area contributed by atoms with E-state index < -0.39 is 24.0 Å². The van der Waals surface area contributed by atoms with Gasteiger partial charge in [-0.3, -0.25) is 0 Å². The maximum absolute atomic E-state index is 12.8. The van der Waals surface area contributed by atoms with Gasteiger partial charge in [-0.25, -0.2) is 14.4 Å². The van der Waals surface area contributed by atoms with Gasteiger partial charge in [0.2, 0.25) is 0 Å². The highest BCUT2D eigenvalue weighted by molar-refractivity contribution is 5.98. The summed E-state index contributed by atoms with van der Waals surface area (Å²) in [4.78, 5) is 37.2. The lowest BCUT2D eigenvalue weighted by atomic mass is 10.0. The standard InChI is InChI=1S/C21H23N3O6/c1-4-14-17(20(26)28-5-2)15(23-21(27)22-14)11-29-19(25)16-12(3)30-24-18(16)13-9-7-6-8-10-13/h6-10,14H,4-5,11H2,1-3H3,(H2,22,23,27)/t14-/m1/s1. The number of hydrogen-bond donors (Lipinski definition) is 2. The maximum Gasteiger partial charge on any atom is 0.344 e. The van der Waals surface area contributed by atoms with Gasteiger partial charge in [0, 0.05) is 5.56 Å². The molecule has 0 bridgehead atoms. The van der Waals surface area contributed by atoms with Crippen LogP contribution in [-0.4, -0.2) is 42.4 Å². The second-order valence-corrected chi connectivity index (χ2v) is 6.58. The summed E-state index contributed by atoms with van der Waals surface area (Å²) >= 11 is 0. The zero-order valence-electron chi connectivity index (χ0n) is 17.0. The Hall–Kier alpha value is -3.62. The number of benzene rings is 1. The first-order chi connectivity index (χ1) is 14.5. The molecule has 9 nitrogen and oxygen atoms in total. The SMILES string of the molecule is CCOC(=O)C1=C(COC(=O)c2c(-c3ccccc3)noc2C)NC(=O)N[C@@H]1CC. The summed E-state index contributed by atoms with van der Waals surface area (Å²) in [6, 6.07) is 8.07. The van der Waals surface area contributed by atoms with E-state index in [4.69, 9.17) is 14.0 Å². The van der Waals surface area contributed by atoms with E-state index in [-0.39, 0.29) is 30.0 Å². The van der Waals surface area contributed by atoms with Crippen LogP contribution in [0.25, 0.3) is 11.3 Å². The van der Waals surface area contributed by atoms with E-state index in [2.05, 4.69) is 15.8 Å². The summed E-state index contributed by atoms with van der Waals surface area (Å²) in [6.07, 6.45) is 0.474. The van der Waals surface area contributed by atoms with E-state index in [1.165, 1.54) is 0 Å². The molecule has 1 aliphatic rings. The van der Waals surface area contributed by atoms with Crippen LogP contribution in [0.4, 0.5) is 4.79 Å². The smallest absolute Gasteiger partial charge is 0.344 e. The summed E-state index contributed by atoms with van der Waals surface area (Å²) in [5.74, 6) is -0.947. The van der Waals surface area contributed by atoms with Gasteiger partial charge in [-0.15, -0.1) is 0 Å². The molecule has 158 valence electrons. The minimum absolute atomic E-state index is 0.181. The molecule has 30 heavy (non-hydrogen) atoms. The second kappa shape index (κ2) is 9.25. The van der Waals surface area contributed by atoms with Crippen LogP contribution in [0.1, 0.15) is 36.4 Å². The molecule has 0 spiro atoms. The third kappa shape index (κ3) is 4.35. The van der Waals surface area contributed by atoms with Crippen molar-refractivity contribution in [1.82, 2.24) is 15.8 Å². The first kappa shape index (κ1) is 21.1. The van der Waals surface area contributed by atoms with Crippen LogP contribution in [-0.2, 0) is 14.3 Å². The van der Waals surface area contributed by atoms with E-state index in [1.54, 1.807) is 26.0 Å². The Morgan fingerprint density at radius 3 is 2.53 bits per heavy atom. The third-order valence-electron chi connectivity index (χ3n) is 4.61. The van der Waals surface area contributed by atoms with Crippen LogP contribution in [0.5, 0.6) is 0 Å². The number of aromatic nitrogens is 1. The largest absolute Gasteiger partial charge is 0.463 e. The Morgan fingerprint density at radius 1 is 1.13 bits per heavy atom. The summed E-state index contributed by atoms with van der Waals surface area (Å²) in [7, 11) is 0. The van der Waals surface area contributed by atoms with E-state index in [9.17, 15) is 14.4 Å².